The van der Waals surface area contributed by atoms with E-state index in [1.54, 1.807) is 16.7 Å². The second-order valence-corrected chi connectivity index (χ2v) is 8.65. The molecule has 156 valence electrons. The van der Waals surface area contributed by atoms with Crippen LogP contribution < -0.4 is 0 Å². The van der Waals surface area contributed by atoms with Crippen molar-refractivity contribution < 1.29 is 0 Å². The van der Waals surface area contributed by atoms with Gasteiger partial charge in [-0.1, -0.05) is 116 Å². The predicted octanol–water partition coefficient (Wildman–Crippen LogP) is 9.23. The molecule has 0 aliphatic rings. The van der Waals surface area contributed by atoms with Crippen molar-refractivity contribution in [1.29, 1.82) is 0 Å². The summed E-state index contributed by atoms with van der Waals surface area (Å²) in [6.07, 6.45) is 24.7. The number of hydrogen-bond donors (Lipinski definition) is 0. The monoisotopic (exact) mass is 372 g/mol. The van der Waals surface area contributed by atoms with E-state index in [2.05, 4.69) is 39.0 Å². The third-order valence-electron chi connectivity index (χ3n) is 5.82. The quantitative estimate of drug-likeness (QED) is 0.225. The molecule has 0 heterocycles. The van der Waals surface area contributed by atoms with Gasteiger partial charge in [-0.25, -0.2) is 0 Å². The number of unbranched alkanes of at least 4 members (excludes halogenated alkanes) is 12. The number of aryl methyl sites for hydroxylation is 3. The van der Waals surface area contributed by atoms with Gasteiger partial charge in [0.15, 0.2) is 0 Å². The van der Waals surface area contributed by atoms with Crippen LogP contribution in [0.15, 0.2) is 18.2 Å². The SMILES string of the molecule is CCCCCCCc1cc(CCCCCCC)cc(CCCCCCC)c1. The minimum Gasteiger partial charge on any atom is -0.0654 e. The average Bonchev–Trinajstić information content (AvgIpc) is 2.67. The van der Waals surface area contributed by atoms with Crippen LogP contribution in [-0.4, -0.2) is 0 Å². The third kappa shape index (κ3) is 13.1. The molecule has 0 atom stereocenters. The zero-order valence-corrected chi connectivity index (χ0v) is 19.0. The van der Waals surface area contributed by atoms with Crippen molar-refractivity contribution in [3.63, 3.8) is 0 Å². The fourth-order valence-electron chi connectivity index (χ4n) is 4.07. The van der Waals surface area contributed by atoms with E-state index in [4.69, 9.17) is 0 Å². The van der Waals surface area contributed by atoms with E-state index in [0.29, 0.717) is 0 Å². The Kier molecular flexibility index (Phi) is 15.6. The summed E-state index contributed by atoms with van der Waals surface area (Å²) in [6, 6.07) is 7.58. The van der Waals surface area contributed by atoms with E-state index in [9.17, 15) is 0 Å². The van der Waals surface area contributed by atoms with Crippen LogP contribution in [-0.2, 0) is 19.3 Å². The minimum atomic E-state index is 1.29. The predicted molar refractivity (Wildman–Crippen MR) is 124 cm³/mol. The largest absolute Gasteiger partial charge is 0.0654 e. The highest BCUT2D eigenvalue weighted by molar-refractivity contribution is 5.30. The molecule has 1 aromatic carbocycles. The van der Waals surface area contributed by atoms with Crippen molar-refractivity contribution >= 4 is 0 Å². The summed E-state index contributed by atoms with van der Waals surface area (Å²) in [5.41, 5.74) is 4.84. The highest BCUT2D eigenvalue weighted by Crippen LogP contribution is 2.19. The van der Waals surface area contributed by atoms with Crippen molar-refractivity contribution in [3.8, 4) is 0 Å². The molecule has 0 saturated heterocycles. The molecule has 0 fully saturated rings. The summed E-state index contributed by atoms with van der Waals surface area (Å²) < 4.78 is 0. The Bertz CT molecular complexity index is 366. The first-order valence-corrected chi connectivity index (χ1v) is 12.4. The van der Waals surface area contributed by atoms with Crippen LogP contribution in [0.2, 0.25) is 0 Å². The van der Waals surface area contributed by atoms with Gasteiger partial charge in [-0.05, 0) is 55.2 Å². The molecule has 0 unspecified atom stereocenters. The van der Waals surface area contributed by atoms with Crippen molar-refractivity contribution in [1.82, 2.24) is 0 Å². The Morgan fingerprint density at radius 2 is 0.630 bits per heavy atom. The summed E-state index contributed by atoms with van der Waals surface area (Å²) in [5.74, 6) is 0. The van der Waals surface area contributed by atoms with Crippen LogP contribution in [0.5, 0.6) is 0 Å². The van der Waals surface area contributed by atoms with E-state index in [1.807, 2.05) is 0 Å². The molecule has 0 spiro atoms. The molecule has 0 amide bonds. The van der Waals surface area contributed by atoms with Crippen LogP contribution in [0.3, 0.4) is 0 Å². The Morgan fingerprint density at radius 1 is 0.370 bits per heavy atom. The zero-order valence-electron chi connectivity index (χ0n) is 19.0. The summed E-state index contributed by atoms with van der Waals surface area (Å²) in [7, 11) is 0. The van der Waals surface area contributed by atoms with Gasteiger partial charge in [-0.3, -0.25) is 0 Å². The van der Waals surface area contributed by atoms with Crippen molar-refractivity contribution in [3.05, 3.63) is 34.9 Å². The van der Waals surface area contributed by atoms with Crippen LogP contribution >= 0.6 is 0 Å². The number of hydrogen-bond acceptors (Lipinski definition) is 0. The van der Waals surface area contributed by atoms with Gasteiger partial charge in [0.1, 0.15) is 0 Å². The first kappa shape index (κ1) is 24.3. The minimum absolute atomic E-state index is 1.29. The Balaban J connectivity index is 2.52. The van der Waals surface area contributed by atoms with Crippen molar-refractivity contribution in [2.45, 2.75) is 136 Å². The molecule has 0 bridgehead atoms. The molecule has 0 radical (unpaired) electrons. The lowest BCUT2D eigenvalue weighted by molar-refractivity contribution is 0.624. The zero-order chi connectivity index (χ0) is 19.6. The molecule has 0 aliphatic carbocycles. The molecule has 0 N–H and O–H groups in total. The first-order valence-electron chi connectivity index (χ1n) is 12.4. The van der Waals surface area contributed by atoms with Gasteiger partial charge in [-0.2, -0.15) is 0 Å². The smallest absolute Gasteiger partial charge is 0.0279 e. The molecule has 0 nitrogen and oxygen atoms in total. The average molecular weight is 373 g/mol. The lowest BCUT2D eigenvalue weighted by Gasteiger charge is -2.11. The maximum atomic E-state index is 2.53. The normalized spacial score (nSPS) is 11.2. The number of benzene rings is 1. The molecule has 27 heavy (non-hydrogen) atoms. The Morgan fingerprint density at radius 3 is 0.889 bits per heavy atom. The fourth-order valence-corrected chi connectivity index (χ4v) is 4.07. The van der Waals surface area contributed by atoms with Gasteiger partial charge in [0.2, 0.25) is 0 Å². The summed E-state index contributed by atoms with van der Waals surface area (Å²) in [6.45, 7) is 6.91. The summed E-state index contributed by atoms with van der Waals surface area (Å²) >= 11 is 0. The molecule has 0 saturated carbocycles. The van der Waals surface area contributed by atoms with Crippen LogP contribution in [0.1, 0.15) is 134 Å². The molecule has 1 rings (SSSR count). The maximum absolute atomic E-state index is 2.53. The van der Waals surface area contributed by atoms with Crippen LogP contribution in [0.25, 0.3) is 0 Å². The van der Waals surface area contributed by atoms with E-state index in [-0.39, 0.29) is 0 Å². The van der Waals surface area contributed by atoms with Gasteiger partial charge in [-0.15, -0.1) is 0 Å². The van der Waals surface area contributed by atoms with Crippen LogP contribution in [0.4, 0.5) is 0 Å². The molecule has 1 aromatic rings. The van der Waals surface area contributed by atoms with Crippen LogP contribution in [0, 0.1) is 0 Å². The second kappa shape index (κ2) is 17.3. The standard InChI is InChI=1S/C27H48/c1-4-7-10-13-16-19-25-22-26(20-17-14-11-8-5-2)24-27(23-25)21-18-15-12-9-6-3/h22-24H,4-21H2,1-3H3. The lowest BCUT2D eigenvalue weighted by atomic mass is 9.95. The molecular weight excluding hydrogens is 324 g/mol. The van der Waals surface area contributed by atoms with Gasteiger partial charge in [0.25, 0.3) is 0 Å². The van der Waals surface area contributed by atoms with Crippen molar-refractivity contribution in [2.75, 3.05) is 0 Å². The first-order chi connectivity index (χ1) is 13.3. The second-order valence-electron chi connectivity index (χ2n) is 8.65. The molecule has 0 aliphatic heterocycles. The third-order valence-corrected chi connectivity index (χ3v) is 5.82. The summed E-state index contributed by atoms with van der Waals surface area (Å²) in [4.78, 5) is 0. The van der Waals surface area contributed by atoms with Crippen molar-refractivity contribution in [2.24, 2.45) is 0 Å². The Hall–Kier alpha value is -0.780. The van der Waals surface area contributed by atoms with Gasteiger partial charge in [0, 0.05) is 0 Å². The molecule has 0 aromatic heterocycles. The topological polar surface area (TPSA) is 0 Å². The molecule has 0 heteroatoms. The van der Waals surface area contributed by atoms with Gasteiger partial charge >= 0.3 is 0 Å². The van der Waals surface area contributed by atoms with E-state index in [1.165, 1.54) is 116 Å². The van der Waals surface area contributed by atoms with Gasteiger partial charge in [0.05, 0.1) is 0 Å². The highest BCUT2D eigenvalue weighted by Gasteiger charge is 2.03. The summed E-state index contributed by atoms with van der Waals surface area (Å²) in [5, 5.41) is 0. The number of rotatable bonds is 18. The fraction of sp³-hybridized carbons (Fsp3) is 0.778. The van der Waals surface area contributed by atoms with E-state index >= 15 is 0 Å². The lowest BCUT2D eigenvalue weighted by Crippen LogP contribution is -1.96. The molecular formula is C27H48. The Labute approximate surface area is 171 Å². The van der Waals surface area contributed by atoms with Gasteiger partial charge < -0.3 is 0 Å². The van der Waals surface area contributed by atoms with E-state index < -0.39 is 0 Å². The maximum Gasteiger partial charge on any atom is -0.0279 e. The highest BCUT2D eigenvalue weighted by atomic mass is 14.1. The van der Waals surface area contributed by atoms with E-state index in [0.717, 1.165) is 0 Å².